The number of methoxy groups -OCH3 is 1. The van der Waals surface area contributed by atoms with Crippen LogP contribution in [-0.4, -0.2) is 36.0 Å². The Kier molecular flexibility index (Phi) is 4.18. The second kappa shape index (κ2) is 6.63. The van der Waals surface area contributed by atoms with Gasteiger partial charge < -0.3 is 14.6 Å². The number of nitrogens with one attached hydrogen (secondary N) is 1. The quantitative estimate of drug-likeness (QED) is 0.780. The lowest BCUT2D eigenvalue weighted by Gasteiger charge is -2.32. The molecule has 0 radical (unpaired) electrons. The molecule has 1 aliphatic heterocycles. The summed E-state index contributed by atoms with van der Waals surface area (Å²) in [4.78, 5) is 18.1. The van der Waals surface area contributed by atoms with Crippen LogP contribution < -0.4 is 4.74 Å². The molecule has 1 amide bonds. The fraction of sp³-hybridized carbons (Fsp3) is 0.286. The first-order valence-corrected chi connectivity index (χ1v) is 8.76. The summed E-state index contributed by atoms with van der Waals surface area (Å²) < 4.78 is 5.50. The van der Waals surface area contributed by atoms with E-state index >= 15 is 0 Å². The third kappa shape index (κ3) is 2.88. The van der Waals surface area contributed by atoms with E-state index in [1.165, 1.54) is 5.56 Å². The number of nitrogens with zero attached hydrogens (tertiary/aromatic N) is 1. The Morgan fingerprint density at radius 3 is 2.60 bits per heavy atom. The summed E-state index contributed by atoms with van der Waals surface area (Å²) in [5.74, 6) is 1.52. The van der Waals surface area contributed by atoms with Crippen molar-refractivity contribution in [2.45, 2.75) is 18.8 Å². The summed E-state index contributed by atoms with van der Waals surface area (Å²) in [5.41, 5.74) is 3.03. The Morgan fingerprint density at radius 1 is 1.08 bits per heavy atom. The van der Waals surface area contributed by atoms with E-state index < -0.39 is 0 Å². The van der Waals surface area contributed by atoms with Gasteiger partial charge in [0.15, 0.2) is 0 Å². The SMILES string of the molecule is COc1ccccc1C1CCN(C(=O)c2c[nH]c3ccccc23)CC1. The number of hydrogen-bond acceptors (Lipinski definition) is 2. The first-order valence-electron chi connectivity index (χ1n) is 8.76. The molecule has 2 heterocycles. The molecule has 0 unspecified atom stereocenters. The van der Waals surface area contributed by atoms with Crippen molar-refractivity contribution in [3.8, 4) is 5.75 Å². The van der Waals surface area contributed by atoms with Gasteiger partial charge in [-0.25, -0.2) is 0 Å². The van der Waals surface area contributed by atoms with E-state index in [0.29, 0.717) is 5.92 Å². The molecule has 0 aliphatic carbocycles. The van der Waals surface area contributed by atoms with Crippen LogP contribution in [0.4, 0.5) is 0 Å². The number of benzene rings is 2. The van der Waals surface area contributed by atoms with Gasteiger partial charge in [-0.05, 0) is 36.5 Å². The number of carbonyl (C=O) groups is 1. The highest BCUT2D eigenvalue weighted by Gasteiger charge is 2.27. The number of hydrogen-bond donors (Lipinski definition) is 1. The van der Waals surface area contributed by atoms with Crippen molar-refractivity contribution in [3.05, 3.63) is 65.9 Å². The van der Waals surface area contributed by atoms with E-state index in [9.17, 15) is 4.79 Å². The second-order valence-corrected chi connectivity index (χ2v) is 6.56. The largest absolute Gasteiger partial charge is 0.496 e. The fourth-order valence-corrected chi connectivity index (χ4v) is 3.82. The zero-order valence-corrected chi connectivity index (χ0v) is 14.4. The molecule has 0 saturated carbocycles. The van der Waals surface area contributed by atoms with E-state index in [0.717, 1.165) is 48.1 Å². The zero-order chi connectivity index (χ0) is 17.2. The number of aromatic nitrogens is 1. The summed E-state index contributed by atoms with van der Waals surface area (Å²) in [7, 11) is 1.72. The zero-order valence-electron chi connectivity index (χ0n) is 14.4. The predicted octanol–water partition coefficient (Wildman–Crippen LogP) is 4.20. The molecule has 4 rings (SSSR count). The van der Waals surface area contributed by atoms with E-state index in [2.05, 4.69) is 17.1 Å². The van der Waals surface area contributed by atoms with Crippen LogP contribution in [0, 0.1) is 0 Å². The molecular weight excluding hydrogens is 312 g/mol. The Hall–Kier alpha value is -2.75. The molecule has 0 bridgehead atoms. The average Bonchev–Trinajstić information content (AvgIpc) is 3.11. The number of para-hydroxylation sites is 2. The van der Waals surface area contributed by atoms with Crippen LogP contribution in [-0.2, 0) is 0 Å². The molecule has 4 heteroatoms. The number of likely N-dealkylation sites (tertiary alicyclic amines) is 1. The molecule has 2 aromatic carbocycles. The van der Waals surface area contributed by atoms with Crippen molar-refractivity contribution < 1.29 is 9.53 Å². The van der Waals surface area contributed by atoms with E-state index in [1.807, 2.05) is 47.5 Å². The van der Waals surface area contributed by atoms with E-state index in [1.54, 1.807) is 7.11 Å². The van der Waals surface area contributed by atoms with Crippen LogP contribution in [0.1, 0.15) is 34.7 Å². The number of fused-ring (bicyclic) bond motifs is 1. The van der Waals surface area contributed by atoms with Gasteiger partial charge in [-0.15, -0.1) is 0 Å². The van der Waals surface area contributed by atoms with Gasteiger partial charge in [0.2, 0.25) is 0 Å². The van der Waals surface area contributed by atoms with Crippen LogP contribution in [0.25, 0.3) is 10.9 Å². The van der Waals surface area contributed by atoms with Crippen molar-refractivity contribution in [2.75, 3.05) is 20.2 Å². The van der Waals surface area contributed by atoms with Crippen LogP contribution in [0.2, 0.25) is 0 Å². The Labute approximate surface area is 147 Å². The van der Waals surface area contributed by atoms with Gasteiger partial charge in [0, 0.05) is 30.2 Å². The van der Waals surface area contributed by atoms with Crippen molar-refractivity contribution in [1.29, 1.82) is 0 Å². The normalized spacial score (nSPS) is 15.5. The van der Waals surface area contributed by atoms with Gasteiger partial charge in [-0.1, -0.05) is 36.4 Å². The number of H-pyrrole nitrogens is 1. The van der Waals surface area contributed by atoms with Crippen LogP contribution in [0.5, 0.6) is 5.75 Å². The standard InChI is InChI=1S/C21H22N2O2/c1-25-20-9-5-3-6-16(20)15-10-12-23(13-11-15)21(24)18-14-22-19-8-4-2-7-17(18)19/h2-9,14-15,22H,10-13H2,1H3. The second-order valence-electron chi connectivity index (χ2n) is 6.56. The van der Waals surface area contributed by atoms with E-state index in [4.69, 9.17) is 4.74 Å². The van der Waals surface area contributed by atoms with Gasteiger partial charge in [0.25, 0.3) is 5.91 Å². The number of aromatic amines is 1. The van der Waals surface area contributed by atoms with Crippen molar-refractivity contribution >= 4 is 16.8 Å². The maximum atomic E-state index is 12.9. The predicted molar refractivity (Wildman–Crippen MR) is 99.2 cm³/mol. The molecule has 1 N–H and O–H groups in total. The Balaban J connectivity index is 1.49. The number of amides is 1. The smallest absolute Gasteiger partial charge is 0.256 e. The summed E-state index contributed by atoms with van der Waals surface area (Å²) in [5, 5.41) is 0.999. The summed E-state index contributed by atoms with van der Waals surface area (Å²) in [6, 6.07) is 16.2. The number of piperidine rings is 1. The molecule has 128 valence electrons. The molecule has 0 spiro atoms. The molecule has 1 aromatic heterocycles. The summed E-state index contributed by atoms with van der Waals surface area (Å²) >= 11 is 0. The van der Waals surface area contributed by atoms with Gasteiger partial charge in [0.1, 0.15) is 5.75 Å². The maximum Gasteiger partial charge on any atom is 0.256 e. The average molecular weight is 334 g/mol. The van der Waals surface area contributed by atoms with Crippen molar-refractivity contribution in [1.82, 2.24) is 9.88 Å². The summed E-state index contributed by atoms with van der Waals surface area (Å²) in [6.07, 6.45) is 3.77. The highest BCUT2D eigenvalue weighted by molar-refractivity contribution is 6.06. The topological polar surface area (TPSA) is 45.3 Å². The minimum Gasteiger partial charge on any atom is -0.496 e. The van der Waals surface area contributed by atoms with Gasteiger partial charge in [0.05, 0.1) is 12.7 Å². The highest BCUT2D eigenvalue weighted by atomic mass is 16.5. The molecule has 1 saturated heterocycles. The molecule has 1 aliphatic rings. The van der Waals surface area contributed by atoms with Crippen LogP contribution >= 0.6 is 0 Å². The third-order valence-corrected chi connectivity index (χ3v) is 5.18. The summed E-state index contributed by atoms with van der Waals surface area (Å²) in [6.45, 7) is 1.56. The van der Waals surface area contributed by atoms with E-state index in [-0.39, 0.29) is 5.91 Å². The van der Waals surface area contributed by atoms with Crippen molar-refractivity contribution in [2.24, 2.45) is 0 Å². The monoisotopic (exact) mass is 334 g/mol. The Morgan fingerprint density at radius 2 is 1.80 bits per heavy atom. The Bertz CT molecular complexity index is 892. The maximum absolute atomic E-state index is 12.9. The number of rotatable bonds is 3. The van der Waals surface area contributed by atoms with Crippen LogP contribution in [0.15, 0.2) is 54.7 Å². The minimum absolute atomic E-state index is 0.121. The molecular formula is C21H22N2O2. The van der Waals surface area contributed by atoms with Gasteiger partial charge in [-0.2, -0.15) is 0 Å². The molecule has 3 aromatic rings. The molecule has 4 nitrogen and oxygen atoms in total. The lowest BCUT2D eigenvalue weighted by atomic mass is 9.88. The fourth-order valence-electron chi connectivity index (χ4n) is 3.82. The van der Waals surface area contributed by atoms with Crippen molar-refractivity contribution in [3.63, 3.8) is 0 Å². The lowest BCUT2D eigenvalue weighted by molar-refractivity contribution is 0.0714. The third-order valence-electron chi connectivity index (χ3n) is 5.18. The molecule has 1 fully saturated rings. The first kappa shape index (κ1) is 15.8. The lowest BCUT2D eigenvalue weighted by Crippen LogP contribution is -2.37. The minimum atomic E-state index is 0.121. The first-order chi connectivity index (χ1) is 12.3. The molecule has 25 heavy (non-hydrogen) atoms. The van der Waals surface area contributed by atoms with Gasteiger partial charge >= 0.3 is 0 Å². The highest BCUT2D eigenvalue weighted by Crippen LogP contribution is 2.34. The number of carbonyl (C=O) groups excluding carboxylic acids is 1. The van der Waals surface area contributed by atoms with Gasteiger partial charge in [-0.3, -0.25) is 4.79 Å². The number of ether oxygens (including phenoxy) is 1. The van der Waals surface area contributed by atoms with Crippen LogP contribution in [0.3, 0.4) is 0 Å². The molecule has 0 atom stereocenters.